The Morgan fingerprint density at radius 3 is 2.41 bits per heavy atom. The highest BCUT2D eigenvalue weighted by atomic mass is 16.2. The number of carbonyl (C=O) groups excluding carboxylic acids is 1. The average molecular weight is 550 g/mol. The van der Waals surface area contributed by atoms with Crippen molar-refractivity contribution in [2.45, 2.75) is 73.3 Å². The fraction of sp³-hybridized carbons (Fsp3) is 0.371. The van der Waals surface area contributed by atoms with E-state index < -0.39 is 6.03 Å². The molecule has 1 aliphatic heterocycles. The third kappa shape index (κ3) is 5.88. The number of carbonyl (C=O) groups is 1. The molecule has 0 atom stereocenters. The molecule has 0 radical (unpaired) electrons. The van der Waals surface area contributed by atoms with Crippen LogP contribution in [0.3, 0.4) is 0 Å². The van der Waals surface area contributed by atoms with Crippen molar-refractivity contribution in [1.82, 2.24) is 9.78 Å². The second-order valence-corrected chi connectivity index (χ2v) is 12.9. The number of para-hydroxylation sites is 1. The quantitative estimate of drug-likeness (QED) is 0.259. The van der Waals surface area contributed by atoms with Crippen LogP contribution in [0.5, 0.6) is 0 Å². The summed E-state index contributed by atoms with van der Waals surface area (Å²) in [5, 5.41) is 7.99. The molecule has 4 aromatic rings. The van der Waals surface area contributed by atoms with Crippen molar-refractivity contribution in [2.24, 2.45) is 11.7 Å². The van der Waals surface area contributed by atoms with E-state index in [-0.39, 0.29) is 5.41 Å². The van der Waals surface area contributed by atoms with Gasteiger partial charge >= 0.3 is 6.03 Å². The normalized spacial score (nSPS) is 13.4. The number of nitrogens with two attached hydrogens (primary N) is 1. The van der Waals surface area contributed by atoms with Crippen LogP contribution in [0, 0.1) is 19.8 Å². The Labute approximate surface area is 244 Å². The zero-order valence-electron chi connectivity index (χ0n) is 25.5. The molecule has 0 saturated carbocycles. The summed E-state index contributed by atoms with van der Waals surface area (Å²) in [6.07, 6.45) is 1.86. The summed E-state index contributed by atoms with van der Waals surface area (Å²) < 4.78 is 2.19. The molecule has 6 heteroatoms. The standard InChI is InChI=1S/C35H43N5O/c1-22(2)19-26-10-8-9-24(4)32(26)40-33(25-12-15-28(16-13-25)37-34(36)41)29-21-39(18-17-30(29)38-40)31-20-27(35(5,6)7)14-11-23(31)3/h8-16,20,22H,17-19,21H2,1-7H3,(H3,36,37,41). The second kappa shape index (κ2) is 11.1. The summed E-state index contributed by atoms with van der Waals surface area (Å²) in [7, 11) is 0. The van der Waals surface area contributed by atoms with E-state index in [4.69, 9.17) is 10.8 Å². The third-order valence-corrected chi connectivity index (χ3v) is 8.04. The molecule has 41 heavy (non-hydrogen) atoms. The Morgan fingerprint density at radius 2 is 1.76 bits per heavy atom. The number of amides is 2. The van der Waals surface area contributed by atoms with Gasteiger partial charge in [-0.2, -0.15) is 5.10 Å². The molecule has 0 aliphatic carbocycles. The van der Waals surface area contributed by atoms with Crippen molar-refractivity contribution in [1.29, 1.82) is 0 Å². The molecule has 2 amide bonds. The van der Waals surface area contributed by atoms with Crippen LogP contribution in [-0.2, 0) is 24.8 Å². The number of hydrogen-bond donors (Lipinski definition) is 2. The lowest BCUT2D eigenvalue weighted by Crippen LogP contribution is -2.31. The first-order valence-electron chi connectivity index (χ1n) is 14.6. The largest absolute Gasteiger partial charge is 0.366 e. The molecule has 0 saturated heterocycles. The molecule has 1 aromatic heterocycles. The van der Waals surface area contributed by atoms with E-state index in [1.807, 2.05) is 12.1 Å². The van der Waals surface area contributed by atoms with E-state index in [0.717, 1.165) is 42.9 Å². The van der Waals surface area contributed by atoms with Crippen LogP contribution >= 0.6 is 0 Å². The number of benzene rings is 3. The van der Waals surface area contributed by atoms with Crippen LogP contribution in [0.2, 0.25) is 0 Å². The highest BCUT2D eigenvalue weighted by molar-refractivity contribution is 5.88. The number of anilines is 2. The van der Waals surface area contributed by atoms with E-state index in [9.17, 15) is 4.79 Å². The molecular formula is C35H43N5O. The van der Waals surface area contributed by atoms with Gasteiger partial charge in [0.15, 0.2) is 0 Å². The monoisotopic (exact) mass is 549 g/mol. The van der Waals surface area contributed by atoms with Crippen molar-refractivity contribution in [3.8, 4) is 16.9 Å². The molecule has 2 heterocycles. The summed E-state index contributed by atoms with van der Waals surface area (Å²) in [5.41, 5.74) is 18.3. The van der Waals surface area contributed by atoms with E-state index >= 15 is 0 Å². The fourth-order valence-corrected chi connectivity index (χ4v) is 5.93. The van der Waals surface area contributed by atoms with Crippen molar-refractivity contribution in [3.05, 3.63) is 94.2 Å². The van der Waals surface area contributed by atoms with Crippen molar-refractivity contribution in [3.63, 3.8) is 0 Å². The number of primary amides is 1. The zero-order chi connectivity index (χ0) is 29.5. The van der Waals surface area contributed by atoms with Gasteiger partial charge in [-0.25, -0.2) is 9.48 Å². The lowest BCUT2D eigenvalue weighted by atomic mass is 9.86. The summed E-state index contributed by atoms with van der Waals surface area (Å²) in [5.74, 6) is 0.525. The second-order valence-electron chi connectivity index (χ2n) is 12.9. The first-order valence-corrected chi connectivity index (χ1v) is 14.6. The van der Waals surface area contributed by atoms with Gasteiger partial charge in [0.05, 0.1) is 17.1 Å². The number of nitrogens with zero attached hydrogens (tertiary/aromatic N) is 3. The number of urea groups is 1. The van der Waals surface area contributed by atoms with E-state index in [0.29, 0.717) is 11.6 Å². The topological polar surface area (TPSA) is 76.2 Å². The minimum atomic E-state index is -0.568. The molecular weight excluding hydrogens is 506 g/mol. The molecule has 6 nitrogen and oxygen atoms in total. The van der Waals surface area contributed by atoms with Crippen LogP contribution in [0.4, 0.5) is 16.2 Å². The van der Waals surface area contributed by atoms with E-state index in [1.165, 1.54) is 39.2 Å². The molecule has 0 unspecified atom stereocenters. The highest BCUT2D eigenvalue weighted by Crippen LogP contribution is 2.38. The van der Waals surface area contributed by atoms with Crippen LogP contribution in [0.15, 0.2) is 60.7 Å². The average Bonchev–Trinajstić information content (AvgIpc) is 3.26. The van der Waals surface area contributed by atoms with Gasteiger partial charge in [0, 0.05) is 42.0 Å². The smallest absolute Gasteiger partial charge is 0.316 e. The molecule has 214 valence electrons. The van der Waals surface area contributed by atoms with Crippen LogP contribution < -0.4 is 16.0 Å². The van der Waals surface area contributed by atoms with Gasteiger partial charge in [-0.3, -0.25) is 0 Å². The van der Waals surface area contributed by atoms with Crippen molar-refractivity contribution < 1.29 is 4.79 Å². The van der Waals surface area contributed by atoms with Gasteiger partial charge < -0.3 is 16.0 Å². The summed E-state index contributed by atoms with van der Waals surface area (Å²) in [6.45, 7) is 17.4. The number of nitrogens with one attached hydrogen (secondary N) is 1. The molecule has 0 fully saturated rings. The van der Waals surface area contributed by atoms with Gasteiger partial charge in [0.1, 0.15) is 0 Å². The van der Waals surface area contributed by atoms with Gasteiger partial charge in [-0.05, 0) is 72.1 Å². The van der Waals surface area contributed by atoms with Gasteiger partial charge in [0.25, 0.3) is 0 Å². The Balaban J connectivity index is 1.67. The maximum absolute atomic E-state index is 11.5. The third-order valence-electron chi connectivity index (χ3n) is 8.04. The van der Waals surface area contributed by atoms with Gasteiger partial charge in [0.2, 0.25) is 0 Å². The highest BCUT2D eigenvalue weighted by Gasteiger charge is 2.29. The minimum Gasteiger partial charge on any atom is -0.366 e. The lowest BCUT2D eigenvalue weighted by Gasteiger charge is -2.32. The fourth-order valence-electron chi connectivity index (χ4n) is 5.93. The van der Waals surface area contributed by atoms with Crippen molar-refractivity contribution in [2.75, 3.05) is 16.8 Å². The zero-order valence-corrected chi connectivity index (χ0v) is 25.5. The molecule has 1 aliphatic rings. The Hall–Kier alpha value is -4.06. The van der Waals surface area contributed by atoms with Crippen LogP contribution in [0.1, 0.15) is 68.1 Å². The Kier molecular flexibility index (Phi) is 7.69. The Morgan fingerprint density at radius 1 is 1.02 bits per heavy atom. The first-order chi connectivity index (χ1) is 19.4. The molecule has 0 bridgehead atoms. The van der Waals surface area contributed by atoms with Gasteiger partial charge in [-0.15, -0.1) is 0 Å². The van der Waals surface area contributed by atoms with E-state index in [1.54, 1.807) is 0 Å². The van der Waals surface area contributed by atoms with Gasteiger partial charge in [-0.1, -0.05) is 77.1 Å². The van der Waals surface area contributed by atoms with Crippen LogP contribution in [0.25, 0.3) is 16.9 Å². The number of aryl methyl sites for hydroxylation is 2. The molecule has 3 N–H and O–H groups in total. The predicted octanol–water partition coefficient (Wildman–Crippen LogP) is 7.71. The maximum atomic E-state index is 11.5. The summed E-state index contributed by atoms with van der Waals surface area (Å²) in [6, 6.07) is 20.8. The lowest BCUT2D eigenvalue weighted by molar-refractivity contribution is 0.259. The number of fused-ring (bicyclic) bond motifs is 1. The molecule has 5 rings (SSSR count). The summed E-state index contributed by atoms with van der Waals surface area (Å²) in [4.78, 5) is 14.0. The Bertz CT molecular complexity index is 1570. The molecule has 3 aromatic carbocycles. The number of aromatic nitrogens is 2. The SMILES string of the molecule is Cc1ccc(C(C)(C)C)cc1N1CCc2nn(-c3c(C)cccc3CC(C)C)c(-c3ccc(NC(N)=O)cc3)c2C1. The number of hydrogen-bond acceptors (Lipinski definition) is 3. The van der Waals surface area contributed by atoms with E-state index in [2.05, 4.69) is 112 Å². The maximum Gasteiger partial charge on any atom is 0.316 e. The first kappa shape index (κ1) is 28.5. The summed E-state index contributed by atoms with van der Waals surface area (Å²) >= 11 is 0. The number of rotatable bonds is 6. The van der Waals surface area contributed by atoms with Crippen molar-refractivity contribution >= 4 is 17.4 Å². The molecule has 0 spiro atoms. The minimum absolute atomic E-state index is 0.0811. The predicted molar refractivity (Wildman–Crippen MR) is 170 cm³/mol. The van der Waals surface area contributed by atoms with Crippen LogP contribution in [-0.4, -0.2) is 22.4 Å².